The van der Waals surface area contributed by atoms with Crippen molar-refractivity contribution in [2.24, 2.45) is 11.7 Å². The van der Waals surface area contributed by atoms with E-state index in [0.717, 1.165) is 3.79 Å². The van der Waals surface area contributed by atoms with Crippen LogP contribution in [0.15, 0.2) is 9.98 Å². The van der Waals surface area contributed by atoms with E-state index >= 15 is 0 Å². The first-order valence-electron chi connectivity index (χ1n) is 4.42. The molecule has 2 unspecified atom stereocenters. The maximum absolute atomic E-state index is 11.7. The fourth-order valence-corrected chi connectivity index (χ4v) is 2.46. The first-order valence-corrected chi connectivity index (χ1v) is 6.03. The Labute approximate surface area is 99.1 Å². The lowest BCUT2D eigenvalue weighted by Gasteiger charge is -2.11. The first kappa shape index (κ1) is 11.0. The molecule has 2 rings (SSSR count). The molecule has 3 N–H and O–H groups in total. The summed E-state index contributed by atoms with van der Waals surface area (Å²) in [5.74, 6) is -0.394. The van der Waals surface area contributed by atoms with Crippen molar-refractivity contribution < 1.29 is 9.53 Å². The molecule has 82 valence electrons. The van der Waals surface area contributed by atoms with Crippen molar-refractivity contribution in [1.82, 2.24) is 4.98 Å². The van der Waals surface area contributed by atoms with Gasteiger partial charge in [-0.25, -0.2) is 4.98 Å². The van der Waals surface area contributed by atoms with Gasteiger partial charge in [-0.1, -0.05) is 11.3 Å². The van der Waals surface area contributed by atoms with E-state index in [4.69, 9.17) is 10.5 Å². The van der Waals surface area contributed by atoms with E-state index in [0.29, 0.717) is 18.3 Å². The van der Waals surface area contributed by atoms with Gasteiger partial charge in [-0.2, -0.15) is 0 Å². The molecule has 0 radical (unpaired) electrons. The highest BCUT2D eigenvalue weighted by atomic mass is 79.9. The smallest absolute Gasteiger partial charge is 0.233 e. The molecule has 0 spiro atoms. The molecule has 0 aliphatic carbocycles. The number of nitrogens with one attached hydrogen (secondary N) is 1. The normalized spacial score (nSPS) is 25.5. The summed E-state index contributed by atoms with van der Waals surface area (Å²) in [5, 5.41) is 3.29. The van der Waals surface area contributed by atoms with Crippen LogP contribution in [0.2, 0.25) is 0 Å². The molecule has 1 fully saturated rings. The Morgan fingerprint density at radius 2 is 2.53 bits per heavy atom. The highest BCUT2D eigenvalue weighted by Gasteiger charge is 2.31. The van der Waals surface area contributed by atoms with Crippen LogP contribution in [0.1, 0.15) is 0 Å². The summed E-state index contributed by atoms with van der Waals surface area (Å²) >= 11 is 4.64. The number of thiazole rings is 1. The lowest BCUT2D eigenvalue weighted by atomic mass is 10.0. The molecule has 1 saturated heterocycles. The number of ether oxygens (including phenoxy) is 1. The van der Waals surface area contributed by atoms with Crippen LogP contribution in [0.25, 0.3) is 0 Å². The highest BCUT2D eigenvalue weighted by Crippen LogP contribution is 2.24. The van der Waals surface area contributed by atoms with Crippen molar-refractivity contribution >= 4 is 38.3 Å². The summed E-state index contributed by atoms with van der Waals surface area (Å²) < 4.78 is 6.00. The number of rotatable bonds is 2. The molecule has 1 aliphatic heterocycles. The maximum atomic E-state index is 11.7. The lowest BCUT2D eigenvalue weighted by molar-refractivity contribution is -0.120. The number of aromatic nitrogens is 1. The quantitative estimate of drug-likeness (QED) is 0.846. The Bertz CT molecular complexity index is 371. The van der Waals surface area contributed by atoms with Crippen molar-refractivity contribution in [2.45, 2.75) is 6.04 Å². The topological polar surface area (TPSA) is 77.2 Å². The minimum absolute atomic E-state index is 0.123. The third kappa shape index (κ3) is 2.54. The fourth-order valence-electron chi connectivity index (χ4n) is 1.35. The Morgan fingerprint density at radius 1 is 1.73 bits per heavy atom. The minimum atomic E-state index is -0.271. The van der Waals surface area contributed by atoms with Crippen LogP contribution in [-0.2, 0) is 9.53 Å². The first-order chi connectivity index (χ1) is 7.16. The zero-order chi connectivity index (χ0) is 10.8. The molecular formula is C8H10BrN3O2S. The van der Waals surface area contributed by atoms with E-state index in [1.54, 1.807) is 6.20 Å². The summed E-state index contributed by atoms with van der Waals surface area (Å²) in [4.78, 5) is 15.7. The number of nitrogens with two attached hydrogens (primary N) is 1. The average molecular weight is 292 g/mol. The van der Waals surface area contributed by atoms with Gasteiger partial charge in [-0.15, -0.1) is 0 Å². The SMILES string of the molecule is NC1COCC1C(=O)Nc1ncc(Br)s1. The monoisotopic (exact) mass is 291 g/mol. The van der Waals surface area contributed by atoms with Crippen LogP contribution in [-0.4, -0.2) is 30.1 Å². The van der Waals surface area contributed by atoms with Gasteiger partial charge in [0.05, 0.1) is 29.1 Å². The fraction of sp³-hybridized carbons (Fsp3) is 0.500. The molecule has 1 aromatic rings. The van der Waals surface area contributed by atoms with Gasteiger partial charge in [-0.05, 0) is 15.9 Å². The number of carbonyl (C=O) groups is 1. The summed E-state index contributed by atoms with van der Waals surface area (Å²) in [6, 6.07) is -0.214. The van der Waals surface area contributed by atoms with Gasteiger partial charge in [0, 0.05) is 6.04 Å². The molecule has 2 atom stereocenters. The summed E-state index contributed by atoms with van der Waals surface area (Å²) in [6.07, 6.45) is 1.64. The number of halogens is 1. The molecule has 0 bridgehead atoms. The molecular weight excluding hydrogens is 282 g/mol. The van der Waals surface area contributed by atoms with Gasteiger partial charge in [0.2, 0.25) is 5.91 Å². The molecule has 1 aliphatic rings. The maximum Gasteiger partial charge on any atom is 0.233 e. The predicted octanol–water partition coefficient (Wildman–Crippen LogP) is 0.818. The second kappa shape index (κ2) is 4.56. The Balaban J connectivity index is 1.97. The van der Waals surface area contributed by atoms with Crippen LogP contribution < -0.4 is 11.1 Å². The number of amides is 1. The average Bonchev–Trinajstić information content (AvgIpc) is 2.75. The zero-order valence-electron chi connectivity index (χ0n) is 7.77. The standard InChI is InChI=1S/C8H10BrN3O2S/c9-6-1-11-8(15-6)12-7(13)4-2-14-3-5(4)10/h1,4-5H,2-3,10H2,(H,11,12,13). The third-order valence-corrected chi connectivity index (χ3v) is 3.56. The van der Waals surface area contributed by atoms with Crippen molar-refractivity contribution in [3.05, 3.63) is 9.98 Å². The third-order valence-electron chi connectivity index (χ3n) is 2.17. The van der Waals surface area contributed by atoms with Crippen LogP contribution in [0, 0.1) is 5.92 Å². The Kier molecular flexibility index (Phi) is 3.35. The molecule has 5 nitrogen and oxygen atoms in total. The van der Waals surface area contributed by atoms with E-state index in [1.165, 1.54) is 11.3 Å². The molecule has 0 saturated carbocycles. The van der Waals surface area contributed by atoms with E-state index in [9.17, 15) is 4.79 Å². The van der Waals surface area contributed by atoms with Crippen molar-refractivity contribution in [2.75, 3.05) is 18.5 Å². The summed E-state index contributed by atoms with van der Waals surface area (Å²) in [7, 11) is 0. The highest BCUT2D eigenvalue weighted by molar-refractivity contribution is 9.11. The minimum Gasteiger partial charge on any atom is -0.379 e. The molecule has 1 amide bonds. The van der Waals surface area contributed by atoms with Crippen LogP contribution in [0.4, 0.5) is 5.13 Å². The predicted molar refractivity (Wildman–Crippen MR) is 60.7 cm³/mol. The molecule has 2 heterocycles. The largest absolute Gasteiger partial charge is 0.379 e. The molecule has 15 heavy (non-hydrogen) atoms. The number of nitrogens with zero attached hydrogens (tertiary/aromatic N) is 1. The van der Waals surface area contributed by atoms with Crippen molar-refractivity contribution in [3.63, 3.8) is 0 Å². The molecule has 0 aromatic carbocycles. The van der Waals surface area contributed by atoms with E-state index in [-0.39, 0.29) is 17.9 Å². The van der Waals surface area contributed by atoms with Crippen molar-refractivity contribution in [3.8, 4) is 0 Å². The van der Waals surface area contributed by atoms with Crippen LogP contribution in [0.3, 0.4) is 0 Å². The zero-order valence-corrected chi connectivity index (χ0v) is 10.2. The number of hydrogen-bond acceptors (Lipinski definition) is 5. The van der Waals surface area contributed by atoms with Gasteiger partial charge in [-0.3, -0.25) is 4.79 Å². The van der Waals surface area contributed by atoms with E-state index in [1.807, 2.05) is 0 Å². The lowest BCUT2D eigenvalue weighted by Crippen LogP contribution is -2.37. The second-order valence-electron chi connectivity index (χ2n) is 3.27. The van der Waals surface area contributed by atoms with Gasteiger partial charge >= 0.3 is 0 Å². The number of carbonyl (C=O) groups excluding carboxylic acids is 1. The van der Waals surface area contributed by atoms with Crippen LogP contribution in [0.5, 0.6) is 0 Å². The summed E-state index contributed by atoms with van der Waals surface area (Å²) in [6.45, 7) is 0.833. The Hall–Kier alpha value is -0.500. The number of hydrogen-bond donors (Lipinski definition) is 2. The second-order valence-corrected chi connectivity index (χ2v) is 5.68. The number of anilines is 1. The van der Waals surface area contributed by atoms with Gasteiger partial charge in [0.1, 0.15) is 0 Å². The summed E-state index contributed by atoms with van der Waals surface area (Å²) in [5.41, 5.74) is 5.73. The van der Waals surface area contributed by atoms with Crippen LogP contribution >= 0.6 is 27.3 Å². The van der Waals surface area contributed by atoms with E-state index in [2.05, 4.69) is 26.2 Å². The van der Waals surface area contributed by atoms with Crippen molar-refractivity contribution in [1.29, 1.82) is 0 Å². The van der Waals surface area contributed by atoms with E-state index < -0.39 is 0 Å². The Morgan fingerprint density at radius 3 is 3.07 bits per heavy atom. The molecule has 1 aromatic heterocycles. The van der Waals surface area contributed by atoms with Gasteiger partial charge < -0.3 is 15.8 Å². The van der Waals surface area contributed by atoms with Gasteiger partial charge in [0.15, 0.2) is 5.13 Å². The van der Waals surface area contributed by atoms with Gasteiger partial charge in [0.25, 0.3) is 0 Å². The molecule has 7 heteroatoms.